The molecule has 0 amide bonds. The Bertz CT molecular complexity index is 1070. The second-order valence-corrected chi connectivity index (χ2v) is 6.89. The lowest BCUT2D eigenvalue weighted by Gasteiger charge is -2.35. The third kappa shape index (κ3) is 2.99. The third-order valence-electron chi connectivity index (χ3n) is 5.21. The number of hydrogen-bond donors (Lipinski definition) is 1. The third-order valence-corrected chi connectivity index (χ3v) is 5.21. The summed E-state index contributed by atoms with van der Waals surface area (Å²) in [6, 6.07) is 10.7. The SMILES string of the molecule is Fc1ccc(-n2cccn2)c(CN2CCc3[nH]cnc3[C@@H]2c2ccncc2)c1. The molecule has 0 bridgehead atoms. The molecule has 4 aromatic rings. The first-order chi connectivity index (χ1) is 13.8. The van der Waals surface area contributed by atoms with E-state index in [-0.39, 0.29) is 11.9 Å². The summed E-state index contributed by atoms with van der Waals surface area (Å²) in [6.45, 7) is 1.43. The Labute approximate surface area is 161 Å². The zero-order valence-electron chi connectivity index (χ0n) is 15.2. The highest BCUT2D eigenvalue weighted by Gasteiger charge is 2.31. The number of hydrogen-bond acceptors (Lipinski definition) is 4. The van der Waals surface area contributed by atoms with Crippen molar-refractivity contribution in [2.45, 2.75) is 19.0 Å². The number of aromatic amines is 1. The van der Waals surface area contributed by atoms with E-state index < -0.39 is 0 Å². The summed E-state index contributed by atoms with van der Waals surface area (Å²) in [4.78, 5) is 14.3. The van der Waals surface area contributed by atoms with Crippen molar-refractivity contribution in [1.82, 2.24) is 29.6 Å². The molecule has 6 nitrogen and oxygen atoms in total. The summed E-state index contributed by atoms with van der Waals surface area (Å²) in [6.07, 6.45) is 9.82. The van der Waals surface area contributed by atoms with Crippen LogP contribution in [0.1, 0.15) is 28.6 Å². The van der Waals surface area contributed by atoms with E-state index in [9.17, 15) is 4.39 Å². The molecule has 7 heteroatoms. The number of rotatable bonds is 4. The average molecular weight is 374 g/mol. The second-order valence-electron chi connectivity index (χ2n) is 6.89. The van der Waals surface area contributed by atoms with Gasteiger partial charge in [0.25, 0.3) is 0 Å². The molecule has 0 aliphatic carbocycles. The van der Waals surface area contributed by atoms with E-state index in [1.165, 1.54) is 6.07 Å². The molecule has 0 spiro atoms. The maximum atomic E-state index is 14.1. The fraction of sp³-hybridized carbons (Fsp3) is 0.190. The van der Waals surface area contributed by atoms with Gasteiger partial charge in [-0.15, -0.1) is 0 Å². The molecule has 0 saturated heterocycles. The number of H-pyrrole nitrogens is 1. The number of fused-ring (bicyclic) bond motifs is 1. The molecular weight excluding hydrogens is 355 g/mol. The van der Waals surface area contributed by atoms with Gasteiger partial charge in [-0.3, -0.25) is 9.88 Å². The van der Waals surface area contributed by atoms with Crippen LogP contribution in [0.2, 0.25) is 0 Å². The molecule has 4 heterocycles. The zero-order chi connectivity index (χ0) is 18.9. The summed E-state index contributed by atoms with van der Waals surface area (Å²) in [7, 11) is 0. The minimum atomic E-state index is -0.246. The molecule has 1 aliphatic heterocycles. The van der Waals surface area contributed by atoms with E-state index in [1.54, 1.807) is 41.7 Å². The minimum absolute atomic E-state index is 0.00765. The van der Waals surface area contributed by atoms with Crippen molar-refractivity contribution >= 4 is 0 Å². The van der Waals surface area contributed by atoms with Crippen LogP contribution in [0, 0.1) is 5.82 Å². The van der Waals surface area contributed by atoms with E-state index in [0.29, 0.717) is 6.54 Å². The van der Waals surface area contributed by atoms with Crippen LogP contribution in [-0.2, 0) is 13.0 Å². The first kappa shape index (κ1) is 16.8. The van der Waals surface area contributed by atoms with Crippen LogP contribution in [0.3, 0.4) is 0 Å². The van der Waals surface area contributed by atoms with Crippen molar-refractivity contribution in [3.05, 3.63) is 95.8 Å². The molecule has 1 aliphatic rings. The number of benzene rings is 1. The highest BCUT2D eigenvalue weighted by molar-refractivity contribution is 5.41. The van der Waals surface area contributed by atoms with Gasteiger partial charge in [-0.25, -0.2) is 14.1 Å². The van der Waals surface area contributed by atoms with Gasteiger partial charge in [-0.2, -0.15) is 5.10 Å². The fourth-order valence-corrected chi connectivity index (χ4v) is 3.94. The van der Waals surface area contributed by atoms with Crippen LogP contribution in [-0.4, -0.2) is 36.2 Å². The predicted molar refractivity (Wildman–Crippen MR) is 102 cm³/mol. The van der Waals surface area contributed by atoms with Crippen LogP contribution in [0.15, 0.2) is 67.5 Å². The Morgan fingerprint density at radius 3 is 2.86 bits per heavy atom. The first-order valence-electron chi connectivity index (χ1n) is 9.24. The largest absolute Gasteiger partial charge is 0.348 e. The minimum Gasteiger partial charge on any atom is -0.348 e. The second kappa shape index (κ2) is 7.01. The Kier molecular flexibility index (Phi) is 4.21. The summed E-state index contributed by atoms with van der Waals surface area (Å²) in [5, 5.41) is 4.32. The van der Waals surface area contributed by atoms with Gasteiger partial charge in [0.15, 0.2) is 0 Å². The predicted octanol–water partition coefficient (Wildman–Crippen LogP) is 3.28. The van der Waals surface area contributed by atoms with Crippen LogP contribution in [0.5, 0.6) is 0 Å². The Balaban J connectivity index is 1.56. The van der Waals surface area contributed by atoms with Crippen LogP contribution >= 0.6 is 0 Å². The standard InChI is InChI=1S/C21H19FN6/c22-17-2-3-19(28-10-1-7-26-28)16(12-17)13-27-11-6-18-20(25-14-24-18)21(27)15-4-8-23-9-5-15/h1-5,7-10,12,14,21H,6,11,13H2,(H,24,25)/t21-/m0/s1. The molecule has 1 atom stereocenters. The molecule has 3 aromatic heterocycles. The van der Waals surface area contributed by atoms with E-state index in [1.807, 2.05) is 24.4 Å². The zero-order valence-corrected chi connectivity index (χ0v) is 15.2. The molecular formula is C21H19FN6. The lowest BCUT2D eigenvalue weighted by Crippen LogP contribution is -2.36. The number of pyridine rings is 1. The molecule has 0 fully saturated rings. The highest BCUT2D eigenvalue weighted by atomic mass is 19.1. The van der Waals surface area contributed by atoms with Crippen molar-refractivity contribution in [3.63, 3.8) is 0 Å². The Morgan fingerprint density at radius 2 is 2.04 bits per heavy atom. The van der Waals surface area contributed by atoms with Crippen molar-refractivity contribution in [3.8, 4) is 5.69 Å². The first-order valence-corrected chi connectivity index (χ1v) is 9.24. The summed E-state index contributed by atoms with van der Waals surface area (Å²) in [5.74, 6) is -0.246. The number of nitrogens with zero attached hydrogens (tertiary/aromatic N) is 5. The van der Waals surface area contributed by atoms with Crippen LogP contribution in [0.4, 0.5) is 4.39 Å². The monoisotopic (exact) mass is 374 g/mol. The van der Waals surface area contributed by atoms with Gasteiger partial charge in [-0.05, 0) is 47.5 Å². The smallest absolute Gasteiger partial charge is 0.123 e. The maximum absolute atomic E-state index is 14.1. The molecule has 0 radical (unpaired) electrons. The number of aromatic nitrogens is 5. The quantitative estimate of drug-likeness (QED) is 0.596. The van der Waals surface area contributed by atoms with E-state index in [0.717, 1.165) is 41.2 Å². The molecule has 0 saturated carbocycles. The fourth-order valence-electron chi connectivity index (χ4n) is 3.94. The number of imidazole rings is 1. The number of nitrogens with one attached hydrogen (secondary N) is 1. The molecule has 140 valence electrons. The van der Waals surface area contributed by atoms with Gasteiger partial charge < -0.3 is 4.98 Å². The normalized spacial score (nSPS) is 16.8. The molecule has 5 rings (SSSR count). The van der Waals surface area contributed by atoms with E-state index in [2.05, 4.69) is 25.0 Å². The molecule has 28 heavy (non-hydrogen) atoms. The van der Waals surface area contributed by atoms with Crippen molar-refractivity contribution in [2.24, 2.45) is 0 Å². The maximum Gasteiger partial charge on any atom is 0.123 e. The van der Waals surface area contributed by atoms with E-state index in [4.69, 9.17) is 0 Å². The van der Waals surface area contributed by atoms with Gasteiger partial charge in [-0.1, -0.05) is 0 Å². The van der Waals surface area contributed by atoms with Crippen molar-refractivity contribution in [2.75, 3.05) is 6.54 Å². The Hall–Kier alpha value is -3.32. The van der Waals surface area contributed by atoms with Crippen molar-refractivity contribution in [1.29, 1.82) is 0 Å². The van der Waals surface area contributed by atoms with Crippen LogP contribution < -0.4 is 0 Å². The van der Waals surface area contributed by atoms with Gasteiger partial charge in [0.05, 0.1) is 23.8 Å². The van der Waals surface area contributed by atoms with Crippen molar-refractivity contribution < 1.29 is 4.39 Å². The topological polar surface area (TPSA) is 62.6 Å². The van der Waals surface area contributed by atoms with Gasteiger partial charge in [0, 0.05) is 50.0 Å². The molecule has 1 aromatic carbocycles. The lowest BCUT2D eigenvalue weighted by molar-refractivity contribution is 0.200. The Morgan fingerprint density at radius 1 is 1.14 bits per heavy atom. The van der Waals surface area contributed by atoms with Crippen LogP contribution in [0.25, 0.3) is 5.69 Å². The molecule has 0 unspecified atom stereocenters. The number of halogens is 1. The summed E-state index contributed by atoms with van der Waals surface area (Å²) in [5.41, 5.74) is 5.08. The van der Waals surface area contributed by atoms with Gasteiger partial charge in [0.2, 0.25) is 0 Å². The lowest BCUT2D eigenvalue weighted by atomic mass is 9.95. The average Bonchev–Trinajstić information content (AvgIpc) is 3.40. The highest BCUT2D eigenvalue weighted by Crippen LogP contribution is 2.34. The van der Waals surface area contributed by atoms with Gasteiger partial charge in [0.1, 0.15) is 5.82 Å². The summed E-state index contributed by atoms with van der Waals surface area (Å²) >= 11 is 0. The molecule has 1 N–H and O–H groups in total. The van der Waals surface area contributed by atoms with E-state index >= 15 is 0 Å². The van der Waals surface area contributed by atoms with Gasteiger partial charge >= 0.3 is 0 Å². The summed E-state index contributed by atoms with van der Waals surface area (Å²) < 4.78 is 15.9.